The van der Waals surface area contributed by atoms with E-state index in [1.807, 2.05) is 13.8 Å². The lowest BCUT2D eigenvalue weighted by molar-refractivity contribution is -0.159. The van der Waals surface area contributed by atoms with Gasteiger partial charge in [-0.05, 0) is 32.1 Å². The van der Waals surface area contributed by atoms with Crippen molar-refractivity contribution in [3.05, 3.63) is 0 Å². The molecule has 0 aliphatic rings. The van der Waals surface area contributed by atoms with Gasteiger partial charge in [0.15, 0.2) is 0 Å². The fourth-order valence-electron chi connectivity index (χ4n) is 2.23. The first-order chi connectivity index (χ1) is 8.83. The van der Waals surface area contributed by atoms with Gasteiger partial charge in [-0.25, -0.2) is 4.79 Å². The molecule has 1 N–H and O–H groups in total. The second-order valence-electron chi connectivity index (χ2n) is 5.09. The number of carboxylic acid groups (broad SMARTS) is 1. The summed E-state index contributed by atoms with van der Waals surface area (Å²) < 4.78 is 10.0. The average molecular weight is 274 g/mol. The Morgan fingerprint density at radius 2 is 1.68 bits per heavy atom. The molecule has 112 valence electrons. The summed E-state index contributed by atoms with van der Waals surface area (Å²) in [7, 11) is 0. The second-order valence-corrected chi connectivity index (χ2v) is 5.09. The highest BCUT2D eigenvalue weighted by atomic mass is 16.7. The zero-order valence-corrected chi connectivity index (χ0v) is 12.6. The van der Waals surface area contributed by atoms with Crippen LogP contribution in [0.4, 0.5) is 4.79 Å². The summed E-state index contributed by atoms with van der Waals surface area (Å²) in [6, 6.07) is 0. The molecule has 1 atom stereocenters. The zero-order chi connectivity index (χ0) is 15.1. The summed E-state index contributed by atoms with van der Waals surface area (Å²) in [5, 5.41) is 9.52. The zero-order valence-electron chi connectivity index (χ0n) is 12.6. The van der Waals surface area contributed by atoms with Gasteiger partial charge in [0.1, 0.15) is 11.5 Å². The topological polar surface area (TPSA) is 72.8 Å². The molecule has 0 aliphatic carbocycles. The van der Waals surface area contributed by atoms with Crippen molar-refractivity contribution >= 4 is 12.1 Å². The summed E-state index contributed by atoms with van der Waals surface area (Å²) in [6.45, 7) is 9.45. The minimum Gasteiger partial charge on any atom is -0.481 e. The van der Waals surface area contributed by atoms with Gasteiger partial charge in [0.25, 0.3) is 0 Å². The first-order valence-electron chi connectivity index (χ1n) is 6.90. The van der Waals surface area contributed by atoms with Crippen LogP contribution in [0.25, 0.3) is 0 Å². The van der Waals surface area contributed by atoms with Crippen LogP contribution in [0.2, 0.25) is 0 Å². The van der Waals surface area contributed by atoms with E-state index in [4.69, 9.17) is 9.47 Å². The van der Waals surface area contributed by atoms with Crippen LogP contribution in [0, 0.1) is 11.3 Å². The van der Waals surface area contributed by atoms with E-state index in [1.54, 1.807) is 20.8 Å². The molecular formula is C14H26O5. The van der Waals surface area contributed by atoms with Crippen LogP contribution in [0.3, 0.4) is 0 Å². The monoisotopic (exact) mass is 274 g/mol. The minimum absolute atomic E-state index is 0.214. The lowest BCUT2D eigenvalue weighted by atomic mass is 9.74. The largest absolute Gasteiger partial charge is 0.508 e. The van der Waals surface area contributed by atoms with Crippen LogP contribution in [0.5, 0.6) is 0 Å². The molecule has 0 fully saturated rings. The Balaban J connectivity index is 5.18. The average Bonchev–Trinajstić information content (AvgIpc) is 2.30. The van der Waals surface area contributed by atoms with Gasteiger partial charge in [0.05, 0.1) is 6.61 Å². The molecule has 0 aromatic heterocycles. The van der Waals surface area contributed by atoms with E-state index in [1.165, 1.54) is 0 Å². The van der Waals surface area contributed by atoms with Crippen molar-refractivity contribution in [1.29, 1.82) is 0 Å². The minimum atomic E-state index is -1.04. The number of rotatable bonds is 8. The Kier molecular flexibility index (Phi) is 7.49. The molecule has 19 heavy (non-hydrogen) atoms. The number of ether oxygens (including phenoxy) is 2. The van der Waals surface area contributed by atoms with E-state index >= 15 is 0 Å². The Labute approximate surface area is 115 Å². The Hall–Kier alpha value is -1.26. The molecule has 1 unspecified atom stereocenters. The van der Waals surface area contributed by atoms with Gasteiger partial charge in [-0.3, -0.25) is 4.79 Å². The SMILES string of the molecule is CCOC(=O)OC(CC(C)C)C(CC)(CC)C(=O)O. The number of hydrogen-bond donors (Lipinski definition) is 1. The molecule has 5 nitrogen and oxygen atoms in total. The van der Waals surface area contributed by atoms with Crippen molar-refractivity contribution in [2.24, 2.45) is 11.3 Å². The smallest absolute Gasteiger partial charge is 0.481 e. The van der Waals surface area contributed by atoms with Gasteiger partial charge in [-0.15, -0.1) is 0 Å². The summed E-state index contributed by atoms with van der Waals surface area (Å²) in [4.78, 5) is 23.1. The Morgan fingerprint density at radius 3 is 2.00 bits per heavy atom. The molecule has 0 aliphatic heterocycles. The van der Waals surface area contributed by atoms with Crippen molar-refractivity contribution in [2.45, 2.75) is 60.0 Å². The van der Waals surface area contributed by atoms with Crippen LogP contribution in [0.1, 0.15) is 53.9 Å². The third-order valence-corrected chi connectivity index (χ3v) is 3.49. The number of carbonyl (C=O) groups excluding carboxylic acids is 1. The summed E-state index contributed by atoms with van der Waals surface area (Å²) in [6.07, 6.45) is -0.127. The lowest BCUT2D eigenvalue weighted by Gasteiger charge is -2.35. The highest BCUT2D eigenvalue weighted by Gasteiger charge is 2.45. The molecule has 5 heteroatoms. The van der Waals surface area contributed by atoms with Crippen molar-refractivity contribution in [3.63, 3.8) is 0 Å². The third kappa shape index (κ3) is 4.73. The number of aliphatic carboxylic acids is 1. The van der Waals surface area contributed by atoms with Crippen molar-refractivity contribution in [2.75, 3.05) is 6.61 Å². The first kappa shape index (κ1) is 17.7. The van der Waals surface area contributed by atoms with Gasteiger partial charge < -0.3 is 14.6 Å². The standard InChI is InChI=1S/C14H26O5/c1-6-14(7-2,12(15)16)11(9-10(4)5)19-13(17)18-8-3/h10-11H,6-9H2,1-5H3,(H,15,16). The Morgan fingerprint density at radius 1 is 1.16 bits per heavy atom. The third-order valence-electron chi connectivity index (χ3n) is 3.49. The summed E-state index contributed by atoms with van der Waals surface area (Å²) in [5.74, 6) is -0.691. The number of carbonyl (C=O) groups is 2. The first-order valence-corrected chi connectivity index (χ1v) is 6.90. The maximum atomic E-state index is 11.6. The van der Waals surface area contributed by atoms with Crippen LogP contribution in [-0.4, -0.2) is 29.9 Å². The normalized spacial score (nSPS) is 13.2. The van der Waals surface area contributed by atoms with Crippen LogP contribution in [-0.2, 0) is 14.3 Å². The molecule has 0 bridgehead atoms. The maximum absolute atomic E-state index is 11.6. The van der Waals surface area contributed by atoms with Gasteiger partial charge in [0, 0.05) is 0 Å². The van der Waals surface area contributed by atoms with Crippen molar-refractivity contribution in [3.8, 4) is 0 Å². The molecule has 0 amide bonds. The van der Waals surface area contributed by atoms with Gasteiger partial charge in [-0.2, -0.15) is 0 Å². The second kappa shape index (κ2) is 8.02. The van der Waals surface area contributed by atoms with E-state index in [2.05, 4.69) is 0 Å². The number of carboxylic acids is 1. The van der Waals surface area contributed by atoms with E-state index in [0.29, 0.717) is 19.3 Å². The summed E-state index contributed by atoms with van der Waals surface area (Å²) in [5.41, 5.74) is -1.04. The summed E-state index contributed by atoms with van der Waals surface area (Å²) >= 11 is 0. The van der Waals surface area contributed by atoms with Gasteiger partial charge in [-0.1, -0.05) is 27.7 Å². The van der Waals surface area contributed by atoms with E-state index in [9.17, 15) is 14.7 Å². The highest BCUT2D eigenvalue weighted by Crippen LogP contribution is 2.36. The van der Waals surface area contributed by atoms with E-state index in [-0.39, 0.29) is 12.5 Å². The molecule has 0 radical (unpaired) electrons. The predicted molar refractivity (Wildman–Crippen MR) is 72.0 cm³/mol. The fraction of sp³-hybridized carbons (Fsp3) is 0.857. The predicted octanol–water partition coefficient (Wildman–Crippen LogP) is 3.47. The van der Waals surface area contributed by atoms with Gasteiger partial charge >= 0.3 is 12.1 Å². The molecule has 0 aromatic carbocycles. The van der Waals surface area contributed by atoms with Crippen molar-refractivity contribution in [1.82, 2.24) is 0 Å². The fourth-order valence-corrected chi connectivity index (χ4v) is 2.23. The van der Waals surface area contributed by atoms with Gasteiger partial charge in [0.2, 0.25) is 0 Å². The molecule has 0 aromatic rings. The van der Waals surface area contributed by atoms with Crippen LogP contribution >= 0.6 is 0 Å². The molecule has 0 saturated carbocycles. The highest BCUT2D eigenvalue weighted by molar-refractivity contribution is 5.76. The molecule has 0 heterocycles. The number of hydrogen-bond acceptors (Lipinski definition) is 4. The lowest BCUT2D eigenvalue weighted by Crippen LogP contribution is -2.45. The molecule has 0 saturated heterocycles. The molecule has 0 spiro atoms. The van der Waals surface area contributed by atoms with E-state index in [0.717, 1.165) is 0 Å². The van der Waals surface area contributed by atoms with Crippen molar-refractivity contribution < 1.29 is 24.2 Å². The molecular weight excluding hydrogens is 248 g/mol. The Bertz CT molecular complexity index is 294. The quantitative estimate of drug-likeness (QED) is 0.686. The van der Waals surface area contributed by atoms with E-state index < -0.39 is 23.6 Å². The maximum Gasteiger partial charge on any atom is 0.508 e. The van der Waals surface area contributed by atoms with Crippen LogP contribution < -0.4 is 0 Å². The van der Waals surface area contributed by atoms with Crippen LogP contribution in [0.15, 0.2) is 0 Å². The molecule has 0 rings (SSSR count).